The maximum absolute atomic E-state index is 14.8. The first-order valence-electron chi connectivity index (χ1n) is 18.1. The van der Waals surface area contributed by atoms with Crippen molar-refractivity contribution in [2.24, 2.45) is 29.2 Å². The van der Waals surface area contributed by atoms with Gasteiger partial charge in [0.25, 0.3) is 5.91 Å². The SMILES string of the molecule is COC1/C=C/CC(C)C(C)S(=O)(NC(=O)CCc2ccnn2C)=NC(=O)c2ccc3c(c2)N(Cc2ccc(Cl)cc2CCCCO3)CC2CCC21. The molecule has 0 spiro atoms. The number of allylic oxidation sites excluding steroid dienone is 1. The molecule has 3 aliphatic rings. The molecular formula is C39H50ClN5O5S. The standard InChI is InChI=1S/C39H50ClN5O5S/c1-26-8-7-10-36(49-4)34-16-12-31(34)25-45-24-30-11-14-32(40)22-28(30)9-5-6-21-50-37-17-13-29(23-35(37)45)39(47)43-51(48,27(26)2)42-38(46)18-15-33-19-20-41-44(33)3/h7,10-11,13-14,17,19-20,22-23,26-27,31,34,36H,5-6,8-9,12,15-16,18,21,24-25H2,1-4H3,(H,42,43,46,47,48)/b10-7+. The summed E-state index contributed by atoms with van der Waals surface area (Å²) >= 11 is 6.47. The van der Waals surface area contributed by atoms with Gasteiger partial charge in [0, 0.05) is 56.1 Å². The van der Waals surface area contributed by atoms with Gasteiger partial charge >= 0.3 is 0 Å². The monoisotopic (exact) mass is 735 g/mol. The lowest BCUT2D eigenvalue weighted by Gasteiger charge is -2.43. The molecule has 2 aromatic carbocycles. The van der Waals surface area contributed by atoms with E-state index in [9.17, 15) is 13.8 Å². The second-order valence-corrected chi connectivity index (χ2v) is 17.0. The van der Waals surface area contributed by atoms with E-state index in [4.69, 9.17) is 21.1 Å². The van der Waals surface area contributed by atoms with Crippen molar-refractivity contribution in [3.63, 3.8) is 0 Å². The van der Waals surface area contributed by atoms with Crippen molar-refractivity contribution < 1.29 is 23.3 Å². The third-order valence-electron chi connectivity index (χ3n) is 10.9. The Morgan fingerprint density at radius 1 is 1.12 bits per heavy atom. The minimum Gasteiger partial charge on any atom is -0.491 e. The lowest BCUT2D eigenvalue weighted by atomic mass is 9.70. The Bertz CT molecular complexity index is 1880. The molecule has 12 heteroatoms. The zero-order chi connectivity index (χ0) is 36.1. The van der Waals surface area contributed by atoms with Crippen molar-refractivity contribution >= 4 is 39.0 Å². The van der Waals surface area contributed by atoms with E-state index in [-0.39, 0.29) is 24.0 Å². The fraction of sp³-hybridized carbons (Fsp3) is 0.513. The van der Waals surface area contributed by atoms with Gasteiger partial charge in [0.15, 0.2) is 0 Å². The maximum atomic E-state index is 14.8. The van der Waals surface area contributed by atoms with Crippen LogP contribution in [0.3, 0.4) is 0 Å². The number of aromatic nitrogens is 2. The number of hydrogen-bond acceptors (Lipinski definition) is 7. The average Bonchev–Trinajstić information content (AvgIpc) is 3.50. The average molecular weight is 736 g/mol. The summed E-state index contributed by atoms with van der Waals surface area (Å²) in [6.07, 6.45) is 11.8. The lowest BCUT2D eigenvalue weighted by molar-refractivity contribution is -0.119. The number of fused-ring (bicyclic) bond motifs is 3. The topological polar surface area (TPSA) is 115 Å². The molecule has 3 heterocycles. The first-order valence-corrected chi connectivity index (χ1v) is 20.1. The highest BCUT2D eigenvalue weighted by atomic mass is 35.5. The van der Waals surface area contributed by atoms with Crippen LogP contribution < -0.4 is 14.4 Å². The van der Waals surface area contributed by atoms with E-state index in [1.54, 1.807) is 31.0 Å². The van der Waals surface area contributed by atoms with Crippen LogP contribution in [0.15, 0.2) is 65.2 Å². The van der Waals surface area contributed by atoms with E-state index in [1.807, 2.05) is 38.2 Å². The summed E-state index contributed by atoms with van der Waals surface area (Å²) < 4.78 is 36.0. The fourth-order valence-corrected chi connectivity index (χ4v) is 9.51. The third kappa shape index (κ3) is 8.69. The Labute approximate surface area is 307 Å². The van der Waals surface area contributed by atoms with Crippen LogP contribution >= 0.6 is 11.6 Å². The van der Waals surface area contributed by atoms with Gasteiger partial charge in [0.2, 0.25) is 5.91 Å². The number of halogens is 1. The quantitative estimate of drug-likeness (QED) is 0.278. The van der Waals surface area contributed by atoms with Crippen LogP contribution in [-0.2, 0) is 45.9 Å². The van der Waals surface area contributed by atoms with Crippen LogP contribution in [-0.4, -0.2) is 57.4 Å². The summed E-state index contributed by atoms with van der Waals surface area (Å²) in [5.41, 5.74) is 4.35. The highest BCUT2D eigenvalue weighted by molar-refractivity contribution is 7.93. The van der Waals surface area contributed by atoms with Gasteiger partial charge in [-0.15, -0.1) is 4.36 Å². The summed E-state index contributed by atoms with van der Waals surface area (Å²) in [5, 5.41) is 4.26. The molecule has 274 valence electrons. The van der Waals surface area contributed by atoms with Crippen molar-refractivity contribution in [3.8, 4) is 5.75 Å². The van der Waals surface area contributed by atoms with Crippen LogP contribution in [0.2, 0.25) is 5.02 Å². The van der Waals surface area contributed by atoms with Gasteiger partial charge in [-0.1, -0.05) is 36.7 Å². The van der Waals surface area contributed by atoms with Crippen molar-refractivity contribution in [1.82, 2.24) is 14.5 Å². The molecule has 6 rings (SSSR count). The van der Waals surface area contributed by atoms with Gasteiger partial charge < -0.3 is 14.4 Å². The predicted molar refractivity (Wildman–Crippen MR) is 201 cm³/mol. The molecule has 0 radical (unpaired) electrons. The normalized spacial score (nSPS) is 27.7. The molecule has 1 fully saturated rings. The van der Waals surface area contributed by atoms with Gasteiger partial charge in [-0.25, -0.2) is 4.21 Å². The van der Waals surface area contributed by atoms with Crippen LogP contribution in [0.25, 0.3) is 0 Å². The zero-order valence-corrected chi connectivity index (χ0v) is 31.6. The van der Waals surface area contributed by atoms with Crippen molar-refractivity contribution in [2.75, 3.05) is 25.2 Å². The summed E-state index contributed by atoms with van der Waals surface area (Å²) in [5.74, 6) is 0.144. The van der Waals surface area contributed by atoms with E-state index in [2.05, 4.69) is 43.4 Å². The van der Waals surface area contributed by atoms with Gasteiger partial charge in [-0.05, 0) is 117 Å². The number of rotatable bonds is 5. The summed E-state index contributed by atoms with van der Waals surface area (Å²) in [4.78, 5) is 29.7. The molecule has 1 saturated carbocycles. The fourth-order valence-electron chi connectivity index (χ4n) is 7.40. The Balaban J connectivity index is 1.42. The molecule has 6 atom stereocenters. The van der Waals surface area contributed by atoms with E-state index in [0.717, 1.165) is 50.0 Å². The number of benzene rings is 2. The zero-order valence-electron chi connectivity index (χ0n) is 30.1. The molecule has 2 bridgehead atoms. The first-order chi connectivity index (χ1) is 24.5. The molecule has 10 nitrogen and oxygen atoms in total. The molecule has 3 aromatic rings. The third-order valence-corrected chi connectivity index (χ3v) is 13.6. The molecule has 2 aliphatic heterocycles. The van der Waals surface area contributed by atoms with E-state index < -0.39 is 27.0 Å². The van der Waals surface area contributed by atoms with Gasteiger partial charge in [0.05, 0.1) is 23.6 Å². The van der Waals surface area contributed by atoms with Crippen LogP contribution in [0.1, 0.15) is 79.6 Å². The van der Waals surface area contributed by atoms with Crippen molar-refractivity contribution in [1.29, 1.82) is 0 Å². The van der Waals surface area contributed by atoms with E-state index in [0.29, 0.717) is 48.6 Å². The van der Waals surface area contributed by atoms with Crippen molar-refractivity contribution in [2.45, 2.75) is 83.1 Å². The van der Waals surface area contributed by atoms with Crippen LogP contribution in [0, 0.1) is 17.8 Å². The number of carbonyl (C=O) groups is 2. The smallest absolute Gasteiger partial charge is 0.286 e. The highest BCUT2D eigenvalue weighted by Crippen LogP contribution is 2.42. The number of aryl methyl sites for hydroxylation is 3. The molecule has 1 aromatic heterocycles. The second-order valence-electron chi connectivity index (χ2n) is 14.3. The minimum atomic E-state index is -3.55. The van der Waals surface area contributed by atoms with Crippen LogP contribution in [0.4, 0.5) is 5.69 Å². The lowest BCUT2D eigenvalue weighted by Crippen LogP contribution is -2.43. The van der Waals surface area contributed by atoms with E-state index in [1.165, 1.54) is 11.1 Å². The summed E-state index contributed by atoms with van der Waals surface area (Å²) in [7, 11) is 0.0256. The molecular weight excluding hydrogens is 686 g/mol. The summed E-state index contributed by atoms with van der Waals surface area (Å²) in [6.45, 7) is 5.65. The Hall–Kier alpha value is -3.67. The predicted octanol–water partition coefficient (Wildman–Crippen LogP) is 7.09. The molecule has 2 amide bonds. The maximum Gasteiger partial charge on any atom is 0.286 e. The number of anilines is 1. The molecule has 6 unspecified atom stereocenters. The highest BCUT2D eigenvalue weighted by Gasteiger charge is 2.38. The number of hydrogen-bond donors (Lipinski definition) is 1. The number of ether oxygens (including phenoxy) is 2. The Morgan fingerprint density at radius 3 is 2.71 bits per heavy atom. The molecule has 1 aliphatic carbocycles. The number of amides is 2. The largest absolute Gasteiger partial charge is 0.491 e. The van der Waals surface area contributed by atoms with Gasteiger partial charge in [-0.3, -0.25) is 19.0 Å². The summed E-state index contributed by atoms with van der Waals surface area (Å²) in [6, 6.07) is 13.3. The minimum absolute atomic E-state index is 0.0708. The molecule has 51 heavy (non-hydrogen) atoms. The van der Waals surface area contributed by atoms with Crippen LogP contribution in [0.5, 0.6) is 5.75 Å². The number of nitrogens with zero attached hydrogens (tertiary/aromatic N) is 4. The van der Waals surface area contributed by atoms with Crippen molar-refractivity contribution in [3.05, 3.63) is 88.2 Å². The molecule has 0 saturated heterocycles. The Kier molecular flexibility index (Phi) is 11.9. The number of carbonyl (C=O) groups excluding carboxylic acids is 2. The number of nitrogens with one attached hydrogen (secondary N) is 1. The molecule has 1 N–H and O–H groups in total. The first kappa shape index (κ1) is 37.1. The number of methoxy groups -OCH3 is 1. The van der Waals surface area contributed by atoms with Gasteiger partial charge in [0.1, 0.15) is 15.7 Å². The Morgan fingerprint density at radius 2 is 1.96 bits per heavy atom. The van der Waals surface area contributed by atoms with E-state index >= 15 is 0 Å². The van der Waals surface area contributed by atoms with Gasteiger partial charge in [-0.2, -0.15) is 5.10 Å². The second kappa shape index (κ2) is 16.3.